The fraction of sp³-hybridized carbons (Fsp3) is 0.214. The second kappa shape index (κ2) is 6.07. The van der Waals surface area contributed by atoms with Crippen LogP contribution in [-0.4, -0.2) is 22.7 Å². The molecule has 0 atom stereocenters. The number of amides is 1. The van der Waals surface area contributed by atoms with E-state index in [1.54, 1.807) is 30.6 Å². The Labute approximate surface area is 126 Å². The van der Waals surface area contributed by atoms with E-state index < -0.39 is 0 Å². The molecule has 7 heteroatoms. The van der Waals surface area contributed by atoms with Gasteiger partial charge in [0.1, 0.15) is 5.75 Å². The van der Waals surface area contributed by atoms with Gasteiger partial charge in [-0.3, -0.25) is 10.1 Å². The lowest BCUT2D eigenvalue weighted by molar-refractivity contribution is -0.115. The maximum atomic E-state index is 12.1. The highest BCUT2D eigenvalue weighted by Gasteiger charge is 2.18. The second-order valence-electron chi connectivity index (χ2n) is 4.46. The molecule has 1 N–H and O–H groups in total. The first kappa shape index (κ1) is 13.8. The van der Waals surface area contributed by atoms with Gasteiger partial charge in [0.25, 0.3) is 0 Å². The number of carbonyl (C=O) groups is 1. The van der Waals surface area contributed by atoms with Crippen LogP contribution in [0.15, 0.2) is 30.6 Å². The zero-order valence-electron chi connectivity index (χ0n) is 11.0. The maximum Gasteiger partial charge on any atom is 0.231 e. The Hall–Kier alpha value is -2.18. The highest BCUT2D eigenvalue weighted by atomic mass is 35.5. The highest BCUT2D eigenvalue weighted by Crippen LogP contribution is 2.32. The van der Waals surface area contributed by atoms with E-state index >= 15 is 0 Å². The maximum absolute atomic E-state index is 12.1. The Bertz CT molecular complexity index is 664. The summed E-state index contributed by atoms with van der Waals surface area (Å²) in [4.78, 5) is 19.9. The predicted molar refractivity (Wildman–Crippen MR) is 76.1 cm³/mol. The summed E-state index contributed by atoms with van der Waals surface area (Å²) in [5.74, 6) is 0.693. The van der Waals surface area contributed by atoms with E-state index in [2.05, 4.69) is 15.3 Å². The third-order valence-corrected chi connectivity index (χ3v) is 3.14. The molecule has 0 fully saturated rings. The average Bonchev–Trinajstić information content (AvgIpc) is 2.48. The molecule has 0 spiro atoms. The molecule has 21 heavy (non-hydrogen) atoms. The van der Waals surface area contributed by atoms with Crippen molar-refractivity contribution in [3.8, 4) is 5.75 Å². The van der Waals surface area contributed by atoms with Gasteiger partial charge in [0.15, 0.2) is 6.79 Å². The van der Waals surface area contributed by atoms with Gasteiger partial charge >= 0.3 is 0 Å². The Morgan fingerprint density at radius 2 is 2.14 bits per heavy atom. The summed E-state index contributed by atoms with van der Waals surface area (Å²) in [6.07, 6.45) is 3.25. The highest BCUT2D eigenvalue weighted by molar-refractivity contribution is 6.30. The number of halogens is 1. The van der Waals surface area contributed by atoms with Gasteiger partial charge in [0.2, 0.25) is 11.9 Å². The Kier molecular flexibility index (Phi) is 3.98. The molecule has 1 aliphatic heterocycles. The van der Waals surface area contributed by atoms with Crippen LogP contribution in [0.1, 0.15) is 11.1 Å². The predicted octanol–water partition coefficient (Wildman–Crippen LogP) is 2.18. The molecule has 0 saturated heterocycles. The fourth-order valence-electron chi connectivity index (χ4n) is 2.09. The van der Waals surface area contributed by atoms with Gasteiger partial charge in [-0.15, -0.1) is 0 Å². The summed E-state index contributed by atoms with van der Waals surface area (Å²) in [7, 11) is 0. The number of hydrogen-bond acceptors (Lipinski definition) is 5. The SMILES string of the molecule is O=C(Cc1cc(Cl)cc2c1OCOC2)Nc1ncccn1. The summed E-state index contributed by atoms with van der Waals surface area (Å²) in [6.45, 7) is 0.595. The zero-order chi connectivity index (χ0) is 14.7. The molecular weight excluding hydrogens is 294 g/mol. The first-order chi connectivity index (χ1) is 10.2. The molecule has 108 valence electrons. The molecular formula is C14H12ClN3O3. The van der Waals surface area contributed by atoms with Crippen molar-refractivity contribution in [1.29, 1.82) is 0 Å². The van der Waals surface area contributed by atoms with Gasteiger partial charge in [-0.1, -0.05) is 11.6 Å². The van der Waals surface area contributed by atoms with Gasteiger partial charge < -0.3 is 9.47 Å². The van der Waals surface area contributed by atoms with Crippen molar-refractivity contribution in [3.05, 3.63) is 46.7 Å². The molecule has 0 unspecified atom stereocenters. The number of anilines is 1. The molecule has 0 aliphatic carbocycles. The van der Waals surface area contributed by atoms with Crippen LogP contribution in [0, 0.1) is 0 Å². The van der Waals surface area contributed by atoms with Crippen molar-refractivity contribution < 1.29 is 14.3 Å². The van der Waals surface area contributed by atoms with E-state index in [4.69, 9.17) is 21.1 Å². The van der Waals surface area contributed by atoms with Crippen molar-refractivity contribution in [2.45, 2.75) is 13.0 Å². The fourth-order valence-corrected chi connectivity index (χ4v) is 2.36. The minimum Gasteiger partial charge on any atom is -0.467 e. The summed E-state index contributed by atoms with van der Waals surface area (Å²) in [5.41, 5.74) is 1.56. The van der Waals surface area contributed by atoms with Gasteiger partial charge in [-0.05, 0) is 18.2 Å². The summed E-state index contributed by atoms with van der Waals surface area (Å²) < 4.78 is 10.7. The molecule has 0 radical (unpaired) electrons. The monoisotopic (exact) mass is 305 g/mol. The van der Waals surface area contributed by atoms with Gasteiger partial charge in [0, 0.05) is 28.5 Å². The van der Waals surface area contributed by atoms with E-state index in [0.717, 1.165) is 5.56 Å². The van der Waals surface area contributed by atoms with E-state index in [1.807, 2.05) is 0 Å². The third-order valence-electron chi connectivity index (χ3n) is 2.92. The van der Waals surface area contributed by atoms with Crippen LogP contribution in [-0.2, 0) is 22.6 Å². The van der Waals surface area contributed by atoms with Crippen LogP contribution >= 0.6 is 11.6 Å². The molecule has 1 amide bonds. The Balaban J connectivity index is 1.78. The summed E-state index contributed by atoms with van der Waals surface area (Å²) in [5, 5.41) is 3.17. The van der Waals surface area contributed by atoms with Crippen LogP contribution < -0.4 is 10.1 Å². The van der Waals surface area contributed by atoms with Crippen molar-refractivity contribution in [1.82, 2.24) is 9.97 Å². The molecule has 2 heterocycles. The summed E-state index contributed by atoms with van der Waals surface area (Å²) >= 11 is 6.06. The minimum absolute atomic E-state index is 0.126. The standard InChI is InChI=1S/C14H12ClN3O3/c15-11-4-9(13-10(5-11)7-20-8-21-13)6-12(19)18-14-16-2-1-3-17-14/h1-5H,6-8H2,(H,16,17,18,19). The number of hydrogen-bond donors (Lipinski definition) is 1. The average molecular weight is 306 g/mol. The van der Waals surface area contributed by atoms with Crippen LogP contribution in [0.2, 0.25) is 5.02 Å². The molecule has 3 rings (SSSR count). The lowest BCUT2D eigenvalue weighted by Crippen LogP contribution is -2.19. The lowest BCUT2D eigenvalue weighted by atomic mass is 10.1. The van der Waals surface area contributed by atoms with Gasteiger partial charge in [-0.2, -0.15) is 0 Å². The minimum atomic E-state index is -0.235. The number of rotatable bonds is 3. The first-order valence-electron chi connectivity index (χ1n) is 6.31. The number of ether oxygens (including phenoxy) is 2. The van der Waals surface area contributed by atoms with E-state index in [0.29, 0.717) is 22.9 Å². The number of carbonyl (C=O) groups excluding carboxylic acids is 1. The van der Waals surface area contributed by atoms with Crippen molar-refractivity contribution in [3.63, 3.8) is 0 Å². The quantitative estimate of drug-likeness (QED) is 0.941. The van der Waals surface area contributed by atoms with Crippen LogP contribution in [0.25, 0.3) is 0 Å². The smallest absolute Gasteiger partial charge is 0.231 e. The van der Waals surface area contributed by atoms with Gasteiger partial charge in [-0.25, -0.2) is 9.97 Å². The first-order valence-corrected chi connectivity index (χ1v) is 6.69. The Morgan fingerprint density at radius 1 is 1.33 bits per heavy atom. The van der Waals surface area contributed by atoms with Crippen molar-refractivity contribution in [2.75, 3.05) is 12.1 Å². The van der Waals surface area contributed by atoms with Crippen LogP contribution in [0.3, 0.4) is 0 Å². The molecule has 2 aromatic rings. The number of fused-ring (bicyclic) bond motifs is 1. The number of benzene rings is 1. The molecule has 0 bridgehead atoms. The molecule has 1 aromatic carbocycles. The lowest BCUT2D eigenvalue weighted by Gasteiger charge is -2.20. The van der Waals surface area contributed by atoms with Gasteiger partial charge in [0.05, 0.1) is 13.0 Å². The number of nitrogens with one attached hydrogen (secondary N) is 1. The summed E-state index contributed by atoms with van der Waals surface area (Å²) in [6, 6.07) is 5.17. The molecule has 0 saturated carbocycles. The molecule has 6 nitrogen and oxygen atoms in total. The second-order valence-corrected chi connectivity index (χ2v) is 4.90. The van der Waals surface area contributed by atoms with E-state index in [-0.39, 0.29) is 25.1 Å². The number of nitrogens with zero attached hydrogens (tertiary/aromatic N) is 2. The van der Waals surface area contributed by atoms with E-state index in [9.17, 15) is 4.79 Å². The largest absolute Gasteiger partial charge is 0.467 e. The normalized spacial score (nSPS) is 13.2. The zero-order valence-corrected chi connectivity index (χ0v) is 11.8. The number of aromatic nitrogens is 2. The molecule has 1 aliphatic rings. The Morgan fingerprint density at radius 3 is 2.95 bits per heavy atom. The van der Waals surface area contributed by atoms with E-state index in [1.165, 1.54) is 0 Å². The van der Waals surface area contributed by atoms with Crippen LogP contribution in [0.4, 0.5) is 5.95 Å². The van der Waals surface area contributed by atoms with Crippen LogP contribution in [0.5, 0.6) is 5.75 Å². The third kappa shape index (κ3) is 3.29. The molecule has 1 aromatic heterocycles. The van der Waals surface area contributed by atoms with Crippen molar-refractivity contribution in [2.24, 2.45) is 0 Å². The topological polar surface area (TPSA) is 73.3 Å². The van der Waals surface area contributed by atoms with Crippen molar-refractivity contribution >= 4 is 23.5 Å².